The zero-order valence-electron chi connectivity index (χ0n) is 16.0. The van der Waals surface area contributed by atoms with Crippen LogP contribution in [0.3, 0.4) is 0 Å². The Morgan fingerprint density at radius 1 is 1.21 bits per heavy atom. The molecular formula is C23H36O. The average Bonchev–Trinajstić information content (AvgIpc) is 2.93. The fraction of sp³-hybridized carbons (Fsp3) is 0.739. The zero-order valence-corrected chi connectivity index (χ0v) is 16.0. The monoisotopic (exact) mass is 328 g/mol. The summed E-state index contributed by atoms with van der Waals surface area (Å²) >= 11 is 0. The van der Waals surface area contributed by atoms with E-state index in [-0.39, 0.29) is 6.10 Å². The van der Waals surface area contributed by atoms with Crippen molar-refractivity contribution >= 4 is 0 Å². The molecule has 0 aromatic rings. The van der Waals surface area contributed by atoms with Crippen molar-refractivity contribution < 1.29 is 5.11 Å². The maximum atomic E-state index is 10.0. The second-order valence-electron chi connectivity index (χ2n) is 8.85. The number of hydrogen-bond donors (Lipinski definition) is 1. The molecule has 1 N–H and O–H groups in total. The van der Waals surface area contributed by atoms with Crippen LogP contribution in [0.25, 0.3) is 0 Å². The first-order chi connectivity index (χ1) is 11.5. The molecule has 0 aromatic carbocycles. The number of hydrogen-bond acceptors (Lipinski definition) is 1. The Balaban J connectivity index is 1.81. The molecule has 5 atom stereocenters. The lowest BCUT2D eigenvalue weighted by molar-refractivity contribution is 0.0961. The van der Waals surface area contributed by atoms with Crippen LogP contribution in [-0.2, 0) is 0 Å². The molecule has 24 heavy (non-hydrogen) atoms. The predicted octanol–water partition coefficient (Wildman–Crippen LogP) is 6.20. The molecule has 3 fully saturated rings. The third kappa shape index (κ3) is 3.17. The first kappa shape index (κ1) is 18.0. The lowest BCUT2D eigenvalue weighted by Gasteiger charge is -2.44. The van der Waals surface area contributed by atoms with Crippen LogP contribution < -0.4 is 0 Å². The molecule has 0 radical (unpaired) electrons. The Morgan fingerprint density at radius 2 is 2.00 bits per heavy atom. The molecule has 134 valence electrons. The summed E-state index contributed by atoms with van der Waals surface area (Å²) in [4.78, 5) is 0. The average molecular weight is 329 g/mol. The molecule has 3 saturated carbocycles. The summed E-state index contributed by atoms with van der Waals surface area (Å²) in [6.45, 7) is 11.5. The van der Waals surface area contributed by atoms with E-state index in [2.05, 4.69) is 39.5 Å². The van der Waals surface area contributed by atoms with Gasteiger partial charge in [0.05, 0.1) is 6.10 Å². The van der Waals surface area contributed by atoms with E-state index in [1.165, 1.54) is 44.1 Å². The third-order valence-electron chi connectivity index (χ3n) is 7.61. The van der Waals surface area contributed by atoms with Crippen LogP contribution in [0.4, 0.5) is 0 Å². The molecule has 0 amide bonds. The van der Waals surface area contributed by atoms with Crippen LogP contribution in [0.15, 0.2) is 35.5 Å². The van der Waals surface area contributed by atoms with Crippen LogP contribution in [0, 0.1) is 23.2 Å². The Hall–Kier alpha value is -0.820. The molecule has 0 heterocycles. The minimum atomic E-state index is -0.318. The molecule has 3 aliphatic rings. The van der Waals surface area contributed by atoms with Crippen LogP contribution in [-0.4, -0.2) is 11.2 Å². The highest BCUT2D eigenvalue weighted by Gasteiger charge is 2.50. The van der Waals surface area contributed by atoms with Crippen molar-refractivity contribution in [1.29, 1.82) is 0 Å². The summed E-state index contributed by atoms with van der Waals surface area (Å²) in [5, 5.41) is 10.0. The lowest BCUT2D eigenvalue weighted by Crippen LogP contribution is -2.35. The van der Waals surface area contributed by atoms with Gasteiger partial charge < -0.3 is 5.11 Å². The van der Waals surface area contributed by atoms with Gasteiger partial charge in [-0.25, -0.2) is 0 Å². The van der Waals surface area contributed by atoms with Gasteiger partial charge in [0.25, 0.3) is 0 Å². The zero-order chi connectivity index (χ0) is 17.3. The molecule has 3 aliphatic carbocycles. The number of fused-ring (bicyclic) bond motifs is 1. The summed E-state index contributed by atoms with van der Waals surface area (Å²) < 4.78 is 0. The van der Waals surface area contributed by atoms with Crippen molar-refractivity contribution in [1.82, 2.24) is 0 Å². The molecule has 0 aliphatic heterocycles. The van der Waals surface area contributed by atoms with E-state index in [0.717, 1.165) is 42.6 Å². The molecule has 1 heteroatoms. The summed E-state index contributed by atoms with van der Waals surface area (Å²) in [7, 11) is 0. The highest BCUT2D eigenvalue weighted by molar-refractivity contribution is 5.37. The van der Waals surface area contributed by atoms with Crippen LogP contribution in [0.5, 0.6) is 0 Å². The Kier molecular flexibility index (Phi) is 5.39. The fourth-order valence-corrected chi connectivity index (χ4v) is 5.93. The lowest BCUT2D eigenvalue weighted by atomic mass is 9.61. The Bertz CT molecular complexity index is 540. The maximum absolute atomic E-state index is 10.0. The molecule has 0 bridgehead atoms. The normalized spacial score (nSPS) is 41.7. The minimum absolute atomic E-state index is 0.318. The molecule has 0 saturated heterocycles. The standard InChI is InChI=1S/C23H36O/c1-5-16(2)20-13-14-21-19(9-7-15-23(20,21)4)12-11-18-8-6-10-22(24)17(18)3/h11-12,16,20-22,24H,3,5-10,13-15H2,1-2,4H3/b18-11-,19-12+/t16-,20-,21?,22+,23-/m1/s1. The van der Waals surface area contributed by atoms with Crippen molar-refractivity contribution in [3.05, 3.63) is 35.5 Å². The van der Waals surface area contributed by atoms with E-state index in [1.807, 2.05) is 0 Å². The largest absolute Gasteiger partial charge is 0.388 e. The molecular weight excluding hydrogens is 292 g/mol. The van der Waals surface area contributed by atoms with Crippen LogP contribution >= 0.6 is 0 Å². The number of aliphatic hydroxyl groups is 1. The van der Waals surface area contributed by atoms with Gasteiger partial charge in [0.2, 0.25) is 0 Å². The molecule has 1 unspecified atom stereocenters. The number of aliphatic hydroxyl groups excluding tert-OH is 1. The Labute approximate surface area is 148 Å². The highest BCUT2D eigenvalue weighted by Crippen LogP contribution is 2.59. The number of rotatable bonds is 3. The third-order valence-corrected chi connectivity index (χ3v) is 7.61. The quantitative estimate of drug-likeness (QED) is 0.653. The summed E-state index contributed by atoms with van der Waals surface area (Å²) in [6.07, 6.45) is 15.6. The molecule has 1 nitrogen and oxygen atoms in total. The molecule has 0 spiro atoms. The number of allylic oxidation sites excluding steroid dienone is 3. The van der Waals surface area contributed by atoms with Crippen molar-refractivity contribution in [3.63, 3.8) is 0 Å². The van der Waals surface area contributed by atoms with E-state index in [0.29, 0.717) is 5.41 Å². The SMILES string of the molecule is C=C1/C(=C\C=C2/CCC[C@@]3(C)C2CC[C@@H]3[C@H](C)CC)CCC[C@@H]1O. The van der Waals surface area contributed by atoms with Gasteiger partial charge in [-0.1, -0.05) is 51.5 Å². The summed E-state index contributed by atoms with van der Waals surface area (Å²) in [5.74, 6) is 2.53. The second kappa shape index (κ2) is 7.20. The van der Waals surface area contributed by atoms with E-state index in [4.69, 9.17) is 0 Å². The van der Waals surface area contributed by atoms with Crippen molar-refractivity contribution in [2.75, 3.05) is 0 Å². The van der Waals surface area contributed by atoms with Gasteiger partial charge in [-0.15, -0.1) is 0 Å². The second-order valence-corrected chi connectivity index (χ2v) is 8.85. The molecule has 0 aromatic heterocycles. The van der Waals surface area contributed by atoms with Gasteiger partial charge in [-0.05, 0) is 85.7 Å². The van der Waals surface area contributed by atoms with E-state index in [1.54, 1.807) is 5.57 Å². The van der Waals surface area contributed by atoms with E-state index in [9.17, 15) is 5.11 Å². The molecule has 3 rings (SSSR count). The van der Waals surface area contributed by atoms with Gasteiger partial charge in [-0.2, -0.15) is 0 Å². The smallest absolute Gasteiger partial charge is 0.0787 e. The van der Waals surface area contributed by atoms with Gasteiger partial charge in [0, 0.05) is 0 Å². The topological polar surface area (TPSA) is 20.2 Å². The maximum Gasteiger partial charge on any atom is 0.0787 e. The minimum Gasteiger partial charge on any atom is -0.388 e. The Morgan fingerprint density at radius 3 is 2.75 bits per heavy atom. The van der Waals surface area contributed by atoms with E-state index < -0.39 is 0 Å². The van der Waals surface area contributed by atoms with Crippen molar-refractivity contribution in [2.45, 2.75) is 84.7 Å². The first-order valence-electron chi connectivity index (χ1n) is 10.2. The highest BCUT2D eigenvalue weighted by atomic mass is 16.3. The van der Waals surface area contributed by atoms with Gasteiger partial charge >= 0.3 is 0 Å². The van der Waals surface area contributed by atoms with Crippen LogP contribution in [0.2, 0.25) is 0 Å². The fourth-order valence-electron chi connectivity index (χ4n) is 5.93. The van der Waals surface area contributed by atoms with Gasteiger partial charge in [0.1, 0.15) is 0 Å². The van der Waals surface area contributed by atoms with Crippen molar-refractivity contribution in [3.8, 4) is 0 Å². The van der Waals surface area contributed by atoms with Gasteiger partial charge in [0.15, 0.2) is 0 Å². The summed E-state index contributed by atoms with van der Waals surface area (Å²) in [5.41, 5.74) is 4.43. The van der Waals surface area contributed by atoms with Gasteiger partial charge in [-0.3, -0.25) is 0 Å². The van der Waals surface area contributed by atoms with Crippen molar-refractivity contribution in [2.24, 2.45) is 23.2 Å². The predicted molar refractivity (Wildman–Crippen MR) is 103 cm³/mol. The van der Waals surface area contributed by atoms with Crippen LogP contribution in [0.1, 0.15) is 78.6 Å². The summed E-state index contributed by atoms with van der Waals surface area (Å²) in [6, 6.07) is 0. The van der Waals surface area contributed by atoms with E-state index >= 15 is 0 Å². The first-order valence-corrected chi connectivity index (χ1v) is 10.2.